The quantitative estimate of drug-likeness (QED) is 0.0266. The first-order valence-corrected chi connectivity index (χ1v) is 23.3. The van der Waals surface area contributed by atoms with Crippen LogP contribution >= 0.6 is 47.0 Å². The predicted octanol–water partition coefficient (Wildman–Crippen LogP) is 10.3. The number of unbranched alkanes of at least 4 members (excludes halogenated alkanes) is 1. The second kappa shape index (κ2) is 43.8. The van der Waals surface area contributed by atoms with E-state index in [1.807, 2.05) is 72.1 Å². The lowest BCUT2D eigenvalue weighted by molar-refractivity contribution is -0.139. The molecule has 0 saturated heterocycles. The smallest absolute Gasteiger partial charge is 0.330 e. The summed E-state index contributed by atoms with van der Waals surface area (Å²) in [6.07, 6.45) is 13.6. The van der Waals surface area contributed by atoms with Crippen molar-refractivity contribution in [1.29, 1.82) is 0 Å². The first-order chi connectivity index (χ1) is 27.7. The molecule has 0 fully saturated rings. The van der Waals surface area contributed by atoms with Gasteiger partial charge in [0.2, 0.25) is 0 Å². The molecule has 2 aromatic rings. The van der Waals surface area contributed by atoms with E-state index >= 15 is 0 Å². The second-order valence-electron chi connectivity index (χ2n) is 11.2. The molecule has 0 amide bonds. The largest absolute Gasteiger partial charge is 0.463 e. The van der Waals surface area contributed by atoms with E-state index in [2.05, 4.69) is 58.6 Å². The molecule has 0 N–H and O–H groups in total. The van der Waals surface area contributed by atoms with Crippen LogP contribution in [0.15, 0.2) is 121 Å². The normalized spacial score (nSPS) is 10.2. The minimum atomic E-state index is -0.410. The molecule has 2 rings (SSSR count). The Morgan fingerprint density at radius 3 is 1.47 bits per heavy atom. The van der Waals surface area contributed by atoms with Crippen molar-refractivity contribution < 1.29 is 42.9 Å². The van der Waals surface area contributed by atoms with Gasteiger partial charge >= 0.3 is 23.9 Å². The standard InChI is InChI=1S/C13H16O3S.C11H12O2S.2C10H18O2S/c1-2-13(14)16-9-8-15-10-11-17-12-6-4-3-5-7-12;1-2-11(12)13-8-9-14-10-6-4-3-5-7-10;1-4-6-9(13-3)7-8-12-10(11)5-2;1-3-5-8-13-9-6-7-12-10(11)4-2/h2-7H,1,8-11H2;2-7H,1,8-9H2;5,9H,2,4,6-8H2,1,3H3;4H,2-3,5-9H2,1H3. The molecule has 1 unspecified atom stereocenters. The summed E-state index contributed by atoms with van der Waals surface area (Å²) in [5.41, 5.74) is 0. The number of rotatable bonds is 28. The van der Waals surface area contributed by atoms with Gasteiger partial charge in [-0.15, -0.1) is 23.5 Å². The van der Waals surface area contributed by atoms with Crippen molar-refractivity contribution in [2.45, 2.75) is 67.4 Å². The van der Waals surface area contributed by atoms with Crippen LogP contribution in [0.3, 0.4) is 0 Å². The molecule has 13 heteroatoms. The van der Waals surface area contributed by atoms with Gasteiger partial charge < -0.3 is 23.7 Å². The average Bonchev–Trinajstić information content (AvgIpc) is 3.25. The summed E-state index contributed by atoms with van der Waals surface area (Å²) in [5.74, 6) is 2.53. The lowest BCUT2D eigenvalue weighted by atomic mass is 10.2. The lowest BCUT2D eigenvalue weighted by Crippen LogP contribution is -2.09. The molecule has 0 saturated carbocycles. The number of ether oxygens (including phenoxy) is 5. The fraction of sp³-hybridized carbons (Fsp3) is 0.455. The number of carbonyl (C=O) groups is 4. The number of benzene rings is 2. The molecule has 0 bridgehead atoms. The molecule has 0 spiro atoms. The molecule has 57 heavy (non-hydrogen) atoms. The van der Waals surface area contributed by atoms with Gasteiger partial charge in [0.1, 0.15) is 13.2 Å². The van der Waals surface area contributed by atoms with E-state index in [4.69, 9.17) is 23.7 Å². The number of thioether (sulfide) groups is 4. The molecular formula is C44H64O9S4. The fourth-order valence-electron chi connectivity index (χ4n) is 3.77. The summed E-state index contributed by atoms with van der Waals surface area (Å²) in [4.78, 5) is 45.1. The Bertz CT molecular complexity index is 1330. The van der Waals surface area contributed by atoms with Crippen LogP contribution in [0.1, 0.15) is 52.4 Å². The Balaban J connectivity index is 0. The zero-order valence-corrected chi connectivity index (χ0v) is 37.4. The first-order valence-electron chi connectivity index (χ1n) is 18.9. The summed E-state index contributed by atoms with van der Waals surface area (Å²) in [6.45, 7) is 20.4. The van der Waals surface area contributed by atoms with Crippen molar-refractivity contribution in [3.05, 3.63) is 111 Å². The lowest BCUT2D eigenvalue weighted by Gasteiger charge is -2.12. The van der Waals surface area contributed by atoms with Gasteiger partial charge in [-0.2, -0.15) is 23.5 Å². The van der Waals surface area contributed by atoms with E-state index in [-0.39, 0.29) is 24.5 Å². The third kappa shape index (κ3) is 40.6. The molecule has 0 aliphatic heterocycles. The highest BCUT2D eigenvalue weighted by molar-refractivity contribution is 7.99. The number of esters is 4. The van der Waals surface area contributed by atoms with Gasteiger partial charge in [-0.05, 0) is 67.7 Å². The molecule has 0 aliphatic rings. The molecule has 0 aromatic heterocycles. The molecule has 0 radical (unpaired) electrons. The Morgan fingerprint density at radius 1 is 0.544 bits per heavy atom. The van der Waals surface area contributed by atoms with Crippen molar-refractivity contribution in [3.63, 3.8) is 0 Å². The van der Waals surface area contributed by atoms with Crippen LogP contribution in [0.2, 0.25) is 0 Å². The first kappa shape index (κ1) is 55.7. The summed E-state index contributed by atoms with van der Waals surface area (Å²) in [7, 11) is 0. The topological polar surface area (TPSA) is 114 Å². The molecule has 2 aromatic carbocycles. The Labute approximate surface area is 359 Å². The highest BCUT2D eigenvalue weighted by Gasteiger charge is 2.06. The van der Waals surface area contributed by atoms with Gasteiger partial charge in [0.25, 0.3) is 0 Å². The third-order valence-corrected chi connectivity index (χ3v) is 10.9. The van der Waals surface area contributed by atoms with E-state index in [1.54, 1.807) is 23.5 Å². The third-order valence-electron chi connectivity index (χ3n) is 6.67. The number of carbonyl (C=O) groups excluding carboxylic acids is 4. The zero-order chi connectivity index (χ0) is 42.6. The van der Waals surface area contributed by atoms with E-state index < -0.39 is 5.97 Å². The van der Waals surface area contributed by atoms with Gasteiger partial charge in [-0.1, -0.05) is 89.4 Å². The van der Waals surface area contributed by atoms with Gasteiger partial charge in [0, 0.05) is 50.9 Å². The highest BCUT2D eigenvalue weighted by atomic mass is 32.2. The van der Waals surface area contributed by atoms with E-state index in [9.17, 15) is 19.2 Å². The summed E-state index contributed by atoms with van der Waals surface area (Å²) < 4.78 is 24.6. The van der Waals surface area contributed by atoms with Crippen molar-refractivity contribution in [2.75, 3.05) is 68.9 Å². The molecule has 0 heterocycles. The van der Waals surface area contributed by atoms with E-state index in [1.165, 1.54) is 59.5 Å². The summed E-state index contributed by atoms with van der Waals surface area (Å²) in [6, 6.07) is 20.1. The maximum Gasteiger partial charge on any atom is 0.330 e. The minimum absolute atomic E-state index is 0.279. The van der Waals surface area contributed by atoms with Crippen molar-refractivity contribution in [2.24, 2.45) is 0 Å². The highest BCUT2D eigenvalue weighted by Crippen LogP contribution is 2.18. The minimum Gasteiger partial charge on any atom is -0.463 e. The van der Waals surface area contributed by atoms with Gasteiger partial charge in [0.15, 0.2) is 0 Å². The Hall–Kier alpha value is -3.36. The predicted molar refractivity (Wildman–Crippen MR) is 243 cm³/mol. The maximum absolute atomic E-state index is 10.7. The Kier molecular flexibility index (Phi) is 42.8. The summed E-state index contributed by atoms with van der Waals surface area (Å²) in [5, 5.41) is 0.614. The van der Waals surface area contributed by atoms with Gasteiger partial charge in [0.05, 0.1) is 26.4 Å². The zero-order valence-electron chi connectivity index (χ0n) is 34.1. The van der Waals surface area contributed by atoms with Crippen molar-refractivity contribution >= 4 is 70.9 Å². The fourth-order valence-corrected chi connectivity index (χ4v) is 7.13. The SMILES string of the molecule is C=CC(=O)OCCC(CCC)SC.C=CC(=O)OCCCSCCCC.C=CC(=O)OCCOCCSc1ccccc1.C=CC(=O)OCCSc1ccccc1. The molecule has 9 nitrogen and oxygen atoms in total. The van der Waals surface area contributed by atoms with Crippen LogP contribution in [0.25, 0.3) is 0 Å². The van der Waals surface area contributed by atoms with E-state index in [0.717, 1.165) is 36.2 Å². The Morgan fingerprint density at radius 2 is 1.00 bits per heavy atom. The molecule has 318 valence electrons. The monoisotopic (exact) mass is 864 g/mol. The van der Waals surface area contributed by atoms with E-state index in [0.29, 0.717) is 38.3 Å². The molecular weight excluding hydrogens is 801 g/mol. The van der Waals surface area contributed by atoms with Crippen LogP contribution in [0.4, 0.5) is 0 Å². The van der Waals surface area contributed by atoms with Crippen molar-refractivity contribution in [3.8, 4) is 0 Å². The summed E-state index contributed by atoms with van der Waals surface area (Å²) >= 11 is 7.16. The van der Waals surface area contributed by atoms with Crippen LogP contribution in [-0.2, 0) is 42.9 Å². The number of hydrogen-bond acceptors (Lipinski definition) is 13. The van der Waals surface area contributed by atoms with Crippen LogP contribution in [0, 0.1) is 0 Å². The van der Waals surface area contributed by atoms with Crippen LogP contribution in [-0.4, -0.2) is 98.0 Å². The van der Waals surface area contributed by atoms with Gasteiger partial charge in [-0.25, -0.2) is 19.2 Å². The second-order valence-corrected chi connectivity index (χ2v) is 15.9. The van der Waals surface area contributed by atoms with Gasteiger partial charge in [-0.3, -0.25) is 0 Å². The van der Waals surface area contributed by atoms with Crippen LogP contribution in [0.5, 0.6) is 0 Å². The average molecular weight is 865 g/mol. The van der Waals surface area contributed by atoms with Crippen LogP contribution < -0.4 is 0 Å². The molecule has 0 aliphatic carbocycles. The number of hydrogen-bond donors (Lipinski definition) is 0. The molecule has 1 atom stereocenters. The van der Waals surface area contributed by atoms with Crippen molar-refractivity contribution in [1.82, 2.24) is 0 Å². The maximum atomic E-state index is 10.7.